The number of thiocarbonyl (C=S) groups is 1. The van der Waals surface area contributed by atoms with Gasteiger partial charge in [-0.25, -0.2) is 0 Å². The van der Waals surface area contributed by atoms with E-state index in [1.54, 1.807) is 0 Å². The van der Waals surface area contributed by atoms with Crippen molar-refractivity contribution in [1.29, 1.82) is 0 Å². The lowest BCUT2D eigenvalue weighted by Crippen LogP contribution is -2.40. The van der Waals surface area contributed by atoms with Gasteiger partial charge in [-0.3, -0.25) is 4.90 Å². The molecule has 12 heavy (non-hydrogen) atoms. The number of hydrogen-bond acceptors (Lipinski definition) is 2. The summed E-state index contributed by atoms with van der Waals surface area (Å²) in [5.41, 5.74) is 5.60. The summed E-state index contributed by atoms with van der Waals surface area (Å²) >= 11 is 4.97. The molecule has 3 atom stereocenters. The van der Waals surface area contributed by atoms with Crippen molar-refractivity contribution in [1.82, 2.24) is 4.90 Å². The van der Waals surface area contributed by atoms with Crippen LogP contribution in [0.2, 0.25) is 0 Å². The zero-order chi connectivity index (χ0) is 9.30. The van der Waals surface area contributed by atoms with Crippen LogP contribution in [0.1, 0.15) is 20.8 Å². The molecule has 0 aromatic heterocycles. The van der Waals surface area contributed by atoms with Gasteiger partial charge in [-0.05, 0) is 18.8 Å². The smallest absolute Gasteiger partial charge is 0.0899 e. The van der Waals surface area contributed by atoms with Gasteiger partial charge in [0, 0.05) is 13.1 Å². The van der Waals surface area contributed by atoms with E-state index in [0.29, 0.717) is 4.99 Å². The zero-order valence-electron chi connectivity index (χ0n) is 8.08. The van der Waals surface area contributed by atoms with E-state index in [0.717, 1.165) is 24.9 Å². The molecule has 1 rings (SSSR count). The van der Waals surface area contributed by atoms with E-state index in [9.17, 15) is 0 Å². The van der Waals surface area contributed by atoms with Crippen LogP contribution in [0.25, 0.3) is 0 Å². The van der Waals surface area contributed by atoms with Crippen molar-refractivity contribution in [2.24, 2.45) is 17.6 Å². The van der Waals surface area contributed by atoms with Crippen molar-refractivity contribution < 1.29 is 0 Å². The van der Waals surface area contributed by atoms with Crippen LogP contribution in [0.15, 0.2) is 0 Å². The summed E-state index contributed by atoms with van der Waals surface area (Å²) in [6.45, 7) is 8.94. The van der Waals surface area contributed by atoms with Crippen LogP contribution in [0, 0.1) is 11.8 Å². The molecular weight excluding hydrogens is 168 g/mol. The van der Waals surface area contributed by atoms with Gasteiger partial charge in [0.1, 0.15) is 0 Å². The maximum absolute atomic E-state index is 5.60. The molecule has 2 nitrogen and oxygen atoms in total. The van der Waals surface area contributed by atoms with E-state index < -0.39 is 0 Å². The molecular formula is C9H18N2S. The molecule has 0 amide bonds. The van der Waals surface area contributed by atoms with Gasteiger partial charge in [0.05, 0.1) is 11.0 Å². The molecule has 0 aromatic carbocycles. The second kappa shape index (κ2) is 3.71. The summed E-state index contributed by atoms with van der Waals surface area (Å²) in [5.74, 6) is 1.56. The molecule has 1 aliphatic rings. The Morgan fingerprint density at radius 2 is 1.83 bits per heavy atom. The normalized spacial score (nSPS) is 33.6. The Hall–Kier alpha value is -0.150. The lowest BCUT2D eigenvalue weighted by molar-refractivity contribution is 0.301. The third-order valence-corrected chi connectivity index (χ3v) is 3.32. The first-order valence-electron chi connectivity index (χ1n) is 4.55. The monoisotopic (exact) mass is 186 g/mol. The SMILES string of the molecule is CC1CN(C(C)C(N)=S)CC1C. The number of likely N-dealkylation sites (tertiary alicyclic amines) is 1. The molecule has 0 spiro atoms. The molecule has 0 aromatic rings. The Bertz CT molecular complexity index is 171. The molecule has 2 N–H and O–H groups in total. The highest BCUT2D eigenvalue weighted by atomic mass is 32.1. The summed E-state index contributed by atoms with van der Waals surface area (Å²) in [5, 5.41) is 0. The summed E-state index contributed by atoms with van der Waals surface area (Å²) in [6, 6.07) is 0.271. The summed E-state index contributed by atoms with van der Waals surface area (Å²) in [6.07, 6.45) is 0. The van der Waals surface area contributed by atoms with Crippen LogP contribution in [-0.2, 0) is 0 Å². The molecule has 1 fully saturated rings. The third kappa shape index (κ3) is 1.96. The first-order valence-corrected chi connectivity index (χ1v) is 4.96. The fraction of sp³-hybridized carbons (Fsp3) is 0.889. The van der Waals surface area contributed by atoms with Crippen LogP contribution in [0.4, 0.5) is 0 Å². The highest BCUT2D eigenvalue weighted by molar-refractivity contribution is 7.80. The average Bonchev–Trinajstić information content (AvgIpc) is 2.30. The lowest BCUT2D eigenvalue weighted by atomic mass is 10.0. The summed E-state index contributed by atoms with van der Waals surface area (Å²) in [4.78, 5) is 2.99. The largest absolute Gasteiger partial charge is 0.392 e. The quantitative estimate of drug-likeness (QED) is 0.658. The third-order valence-electron chi connectivity index (χ3n) is 2.98. The van der Waals surface area contributed by atoms with Crippen molar-refractivity contribution in [3.8, 4) is 0 Å². The molecule has 1 saturated heterocycles. The van der Waals surface area contributed by atoms with E-state index in [4.69, 9.17) is 18.0 Å². The Morgan fingerprint density at radius 3 is 2.17 bits per heavy atom. The summed E-state index contributed by atoms with van der Waals surface area (Å²) < 4.78 is 0. The fourth-order valence-electron chi connectivity index (χ4n) is 1.67. The summed E-state index contributed by atoms with van der Waals surface area (Å²) in [7, 11) is 0. The van der Waals surface area contributed by atoms with Crippen LogP contribution in [-0.4, -0.2) is 29.0 Å². The van der Waals surface area contributed by atoms with Crippen molar-refractivity contribution in [2.45, 2.75) is 26.8 Å². The van der Waals surface area contributed by atoms with Gasteiger partial charge in [-0.15, -0.1) is 0 Å². The second-order valence-corrected chi connectivity index (χ2v) is 4.46. The first kappa shape index (κ1) is 9.93. The minimum absolute atomic E-state index is 0.271. The molecule has 70 valence electrons. The van der Waals surface area contributed by atoms with Gasteiger partial charge in [-0.1, -0.05) is 26.1 Å². The number of nitrogens with two attached hydrogens (primary N) is 1. The highest BCUT2D eigenvalue weighted by Crippen LogP contribution is 2.23. The lowest BCUT2D eigenvalue weighted by Gasteiger charge is -2.22. The van der Waals surface area contributed by atoms with Gasteiger partial charge in [0.25, 0.3) is 0 Å². The van der Waals surface area contributed by atoms with Gasteiger partial charge in [0.2, 0.25) is 0 Å². The minimum Gasteiger partial charge on any atom is -0.392 e. The Morgan fingerprint density at radius 1 is 1.42 bits per heavy atom. The fourth-order valence-corrected chi connectivity index (χ4v) is 1.82. The van der Waals surface area contributed by atoms with Crippen LogP contribution < -0.4 is 5.73 Å². The maximum Gasteiger partial charge on any atom is 0.0899 e. The maximum atomic E-state index is 5.60. The second-order valence-electron chi connectivity index (χ2n) is 3.99. The van der Waals surface area contributed by atoms with Gasteiger partial charge in [-0.2, -0.15) is 0 Å². The molecule has 3 unspecified atom stereocenters. The van der Waals surface area contributed by atoms with Crippen molar-refractivity contribution >= 4 is 17.2 Å². The number of hydrogen-bond donors (Lipinski definition) is 1. The van der Waals surface area contributed by atoms with Crippen molar-refractivity contribution in [3.05, 3.63) is 0 Å². The topological polar surface area (TPSA) is 29.3 Å². The van der Waals surface area contributed by atoms with E-state index in [-0.39, 0.29) is 6.04 Å². The number of rotatable bonds is 2. The van der Waals surface area contributed by atoms with E-state index in [1.165, 1.54) is 0 Å². The Balaban J connectivity index is 2.51. The molecule has 0 saturated carbocycles. The van der Waals surface area contributed by atoms with Gasteiger partial charge < -0.3 is 5.73 Å². The van der Waals surface area contributed by atoms with E-state index >= 15 is 0 Å². The molecule has 0 bridgehead atoms. The van der Waals surface area contributed by atoms with Crippen LogP contribution in [0.5, 0.6) is 0 Å². The molecule has 0 aliphatic carbocycles. The minimum atomic E-state index is 0.271. The Kier molecular flexibility index (Phi) is 3.07. The first-order chi connectivity index (χ1) is 5.52. The van der Waals surface area contributed by atoms with Crippen LogP contribution in [0.3, 0.4) is 0 Å². The predicted octanol–water partition coefficient (Wildman–Crippen LogP) is 1.25. The van der Waals surface area contributed by atoms with Gasteiger partial charge in [0.15, 0.2) is 0 Å². The molecule has 0 radical (unpaired) electrons. The molecule has 1 aliphatic heterocycles. The average molecular weight is 186 g/mol. The Labute approximate surface area is 80.1 Å². The number of nitrogens with zero attached hydrogens (tertiary/aromatic N) is 1. The molecule has 3 heteroatoms. The van der Waals surface area contributed by atoms with Gasteiger partial charge >= 0.3 is 0 Å². The van der Waals surface area contributed by atoms with Crippen molar-refractivity contribution in [2.75, 3.05) is 13.1 Å². The van der Waals surface area contributed by atoms with Crippen molar-refractivity contribution in [3.63, 3.8) is 0 Å². The van der Waals surface area contributed by atoms with E-state index in [1.807, 2.05) is 0 Å². The highest BCUT2D eigenvalue weighted by Gasteiger charge is 2.29. The van der Waals surface area contributed by atoms with E-state index in [2.05, 4.69) is 25.7 Å². The molecule has 1 heterocycles. The predicted molar refractivity (Wildman–Crippen MR) is 56.1 cm³/mol. The zero-order valence-corrected chi connectivity index (χ0v) is 8.90. The standard InChI is InChI=1S/C9H18N2S/c1-6-4-11(5-7(6)2)8(3)9(10)12/h6-8H,4-5H2,1-3H3,(H2,10,12). The van der Waals surface area contributed by atoms with Crippen LogP contribution >= 0.6 is 12.2 Å².